The van der Waals surface area contributed by atoms with Crippen LogP contribution in [0.1, 0.15) is 30.4 Å². The van der Waals surface area contributed by atoms with Gasteiger partial charge >= 0.3 is 0 Å². The van der Waals surface area contributed by atoms with Crippen molar-refractivity contribution in [2.45, 2.75) is 25.8 Å². The predicted molar refractivity (Wildman–Crippen MR) is 68.7 cm³/mol. The van der Waals surface area contributed by atoms with E-state index in [1.807, 2.05) is 19.1 Å². The number of aryl methyl sites for hydroxylation is 1. The number of primary amides is 1. The predicted octanol–water partition coefficient (Wildman–Crippen LogP) is 0.785. The molecule has 0 aromatic carbocycles. The number of nitrogens with two attached hydrogens (primary N) is 2. The highest BCUT2D eigenvalue weighted by molar-refractivity contribution is 5.76. The van der Waals surface area contributed by atoms with E-state index in [-0.39, 0.29) is 17.9 Å². The molecule has 1 aromatic heterocycles. The number of piperidine rings is 1. The second kappa shape index (κ2) is 5.54. The average molecular weight is 251 g/mol. The van der Waals surface area contributed by atoms with Crippen LogP contribution in [0.5, 0.6) is 0 Å². The molecule has 1 aliphatic rings. The molecule has 0 spiro atoms. The van der Waals surface area contributed by atoms with Crippen LogP contribution in [0.4, 0.5) is 0 Å². The summed E-state index contributed by atoms with van der Waals surface area (Å²) in [7, 11) is 0. The van der Waals surface area contributed by atoms with E-state index in [1.165, 1.54) is 0 Å². The van der Waals surface area contributed by atoms with Crippen LogP contribution < -0.4 is 11.5 Å². The summed E-state index contributed by atoms with van der Waals surface area (Å²) in [6.07, 6.45) is 1.67. The molecule has 0 radical (unpaired) electrons. The first-order valence-electron chi connectivity index (χ1n) is 6.40. The van der Waals surface area contributed by atoms with Crippen molar-refractivity contribution in [3.8, 4) is 0 Å². The number of likely N-dealkylation sites (tertiary alicyclic amines) is 1. The van der Waals surface area contributed by atoms with Crippen molar-refractivity contribution in [2.75, 3.05) is 19.6 Å². The summed E-state index contributed by atoms with van der Waals surface area (Å²) in [5.74, 6) is 1.56. The van der Waals surface area contributed by atoms with Crippen LogP contribution >= 0.6 is 0 Å². The van der Waals surface area contributed by atoms with E-state index in [2.05, 4.69) is 4.90 Å². The molecule has 0 bridgehead atoms. The molecule has 1 atom stereocenters. The fraction of sp³-hybridized carbons (Fsp3) is 0.615. The highest BCUT2D eigenvalue weighted by Crippen LogP contribution is 2.20. The molecular weight excluding hydrogens is 230 g/mol. The molecule has 100 valence electrons. The molecule has 5 nitrogen and oxygen atoms in total. The number of hydrogen-bond acceptors (Lipinski definition) is 4. The average Bonchev–Trinajstić information content (AvgIpc) is 2.76. The van der Waals surface area contributed by atoms with Crippen molar-refractivity contribution in [2.24, 2.45) is 17.4 Å². The Labute approximate surface area is 107 Å². The number of amides is 1. The number of carbonyl (C=O) groups excluding carboxylic acids is 1. The Bertz CT molecular complexity index is 408. The summed E-state index contributed by atoms with van der Waals surface area (Å²) in [5.41, 5.74) is 11.4. The van der Waals surface area contributed by atoms with Gasteiger partial charge in [0.2, 0.25) is 5.91 Å². The maximum absolute atomic E-state index is 11.1. The van der Waals surface area contributed by atoms with E-state index in [4.69, 9.17) is 15.9 Å². The van der Waals surface area contributed by atoms with Gasteiger partial charge in [0, 0.05) is 12.5 Å². The minimum Gasteiger partial charge on any atom is -0.465 e. The zero-order chi connectivity index (χ0) is 13.1. The lowest BCUT2D eigenvalue weighted by Crippen LogP contribution is -2.41. The van der Waals surface area contributed by atoms with E-state index in [9.17, 15) is 4.79 Å². The SMILES string of the molecule is Cc1ccc(C(N)CN2CCC(C(N)=O)CC2)o1. The smallest absolute Gasteiger partial charge is 0.220 e. The van der Waals surface area contributed by atoms with Gasteiger partial charge in [0.05, 0.1) is 6.04 Å². The second-order valence-electron chi connectivity index (χ2n) is 5.03. The molecule has 1 aromatic rings. The lowest BCUT2D eigenvalue weighted by molar-refractivity contribution is -0.123. The van der Waals surface area contributed by atoms with Crippen LogP contribution in [0.25, 0.3) is 0 Å². The van der Waals surface area contributed by atoms with Gasteiger partial charge in [-0.2, -0.15) is 0 Å². The van der Waals surface area contributed by atoms with Crippen molar-refractivity contribution in [3.05, 3.63) is 23.7 Å². The van der Waals surface area contributed by atoms with Crippen molar-refractivity contribution >= 4 is 5.91 Å². The summed E-state index contributed by atoms with van der Waals surface area (Å²) in [4.78, 5) is 13.3. The third kappa shape index (κ3) is 3.11. The molecule has 2 rings (SSSR count). The standard InChI is InChI=1S/C13H21N3O2/c1-9-2-3-12(18-9)11(14)8-16-6-4-10(5-7-16)13(15)17/h2-3,10-11H,4-8,14H2,1H3,(H2,15,17). The van der Waals surface area contributed by atoms with Gasteiger partial charge in [0.15, 0.2) is 0 Å². The van der Waals surface area contributed by atoms with Crippen molar-refractivity contribution < 1.29 is 9.21 Å². The Balaban J connectivity index is 1.83. The Morgan fingerprint density at radius 1 is 1.50 bits per heavy atom. The molecule has 1 aliphatic heterocycles. The number of nitrogens with zero attached hydrogens (tertiary/aromatic N) is 1. The molecule has 0 saturated carbocycles. The topological polar surface area (TPSA) is 85.5 Å². The Morgan fingerprint density at radius 2 is 2.17 bits per heavy atom. The number of carbonyl (C=O) groups is 1. The van der Waals surface area contributed by atoms with Crippen molar-refractivity contribution in [1.82, 2.24) is 4.90 Å². The molecule has 5 heteroatoms. The van der Waals surface area contributed by atoms with Crippen LogP contribution in [-0.4, -0.2) is 30.4 Å². The molecule has 1 unspecified atom stereocenters. The Morgan fingerprint density at radius 3 is 2.67 bits per heavy atom. The van der Waals surface area contributed by atoms with E-state index in [0.717, 1.165) is 44.0 Å². The van der Waals surface area contributed by atoms with E-state index < -0.39 is 0 Å². The highest BCUT2D eigenvalue weighted by atomic mass is 16.3. The van der Waals surface area contributed by atoms with Crippen molar-refractivity contribution in [1.29, 1.82) is 0 Å². The minimum atomic E-state index is -0.180. The molecule has 0 aliphatic carbocycles. The van der Waals surface area contributed by atoms with Gasteiger partial charge in [0.25, 0.3) is 0 Å². The Kier molecular flexibility index (Phi) is 4.04. The van der Waals surface area contributed by atoms with Crippen molar-refractivity contribution in [3.63, 3.8) is 0 Å². The summed E-state index contributed by atoms with van der Waals surface area (Å²) in [6.45, 7) is 4.43. The van der Waals surface area contributed by atoms with Gasteiger partial charge < -0.3 is 20.8 Å². The number of rotatable bonds is 4. The van der Waals surface area contributed by atoms with Gasteiger partial charge in [-0.15, -0.1) is 0 Å². The monoisotopic (exact) mass is 251 g/mol. The number of furan rings is 1. The van der Waals surface area contributed by atoms with Crippen LogP contribution in [-0.2, 0) is 4.79 Å². The molecule has 1 saturated heterocycles. The van der Waals surface area contributed by atoms with Crippen LogP contribution in [0.15, 0.2) is 16.5 Å². The van der Waals surface area contributed by atoms with Crippen LogP contribution in [0, 0.1) is 12.8 Å². The minimum absolute atomic E-state index is 0.0309. The van der Waals surface area contributed by atoms with Crippen LogP contribution in [0.3, 0.4) is 0 Å². The summed E-state index contributed by atoms with van der Waals surface area (Å²) in [5, 5.41) is 0. The van der Waals surface area contributed by atoms with Gasteiger partial charge in [-0.3, -0.25) is 4.79 Å². The molecule has 18 heavy (non-hydrogen) atoms. The largest absolute Gasteiger partial charge is 0.465 e. The quantitative estimate of drug-likeness (QED) is 0.828. The number of hydrogen-bond donors (Lipinski definition) is 2. The molecule has 1 fully saturated rings. The van der Waals surface area contributed by atoms with Gasteiger partial charge in [-0.05, 0) is 45.0 Å². The van der Waals surface area contributed by atoms with Gasteiger partial charge in [0.1, 0.15) is 11.5 Å². The Hall–Kier alpha value is -1.33. The third-order valence-electron chi connectivity index (χ3n) is 3.57. The molecule has 2 heterocycles. The molecule has 1 amide bonds. The second-order valence-corrected chi connectivity index (χ2v) is 5.03. The highest BCUT2D eigenvalue weighted by Gasteiger charge is 2.24. The van der Waals surface area contributed by atoms with Gasteiger partial charge in [-0.25, -0.2) is 0 Å². The fourth-order valence-electron chi connectivity index (χ4n) is 2.42. The summed E-state index contributed by atoms with van der Waals surface area (Å²) < 4.78 is 5.52. The zero-order valence-corrected chi connectivity index (χ0v) is 10.8. The molecular formula is C13H21N3O2. The summed E-state index contributed by atoms with van der Waals surface area (Å²) >= 11 is 0. The normalized spacial score (nSPS) is 19.9. The fourth-order valence-corrected chi connectivity index (χ4v) is 2.42. The van der Waals surface area contributed by atoms with E-state index >= 15 is 0 Å². The lowest BCUT2D eigenvalue weighted by atomic mass is 9.96. The first-order chi connectivity index (χ1) is 8.56. The third-order valence-corrected chi connectivity index (χ3v) is 3.57. The maximum Gasteiger partial charge on any atom is 0.220 e. The molecule has 4 N–H and O–H groups in total. The zero-order valence-electron chi connectivity index (χ0n) is 10.8. The first kappa shape index (κ1) is 13.1. The lowest BCUT2D eigenvalue weighted by Gasteiger charge is -2.31. The van der Waals surface area contributed by atoms with Crippen LogP contribution in [0.2, 0.25) is 0 Å². The van der Waals surface area contributed by atoms with E-state index in [0.29, 0.717) is 0 Å². The maximum atomic E-state index is 11.1. The first-order valence-corrected chi connectivity index (χ1v) is 6.40. The van der Waals surface area contributed by atoms with Gasteiger partial charge in [-0.1, -0.05) is 0 Å². The summed E-state index contributed by atoms with van der Waals surface area (Å²) in [6, 6.07) is 3.74. The van der Waals surface area contributed by atoms with E-state index in [1.54, 1.807) is 0 Å².